The summed E-state index contributed by atoms with van der Waals surface area (Å²) in [5.74, 6) is -0.620. The number of hydrogen-bond donors (Lipinski definition) is 2. The lowest BCUT2D eigenvalue weighted by Gasteiger charge is -2.50. The summed E-state index contributed by atoms with van der Waals surface area (Å²) >= 11 is 0. The lowest BCUT2D eigenvalue weighted by Crippen LogP contribution is -2.56. The van der Waals surface area contributed by atoms with Crippen molar-refractivity contribution in [2.45, 2.75) is 63.2 Å². The van der Waals surface area contributed by atoms with Crippen LogP contribution < -0.4 is 10.6 Å². The van der Waals surface area contributed by atoms with E-state index in [0.717, 1.165) is 37.1 Å². The van der Waals surface area contributed by atoms with Crippen molar-refractivity contribution in [2.24, 2.45) is 11.8 Å². The second-order valence-corrected chi connectivity index (χ2v) is 12.0. The van der Waals surface area contributed by atoms with Gasteiger partial charge >= 0.3 is 0 Å². The zero-order valence-corrected chi connectivity index (χ0v) is 24.1. The minimum Gasteiger partial charge on any atom is -0.356 e. The zero-order valence-electron chi connectivity index (χ0n) is 24.1. The molecule has 2 amide bonds. The first-order valence-corrected chi connectivity index (χ1v) is 15.8. The first kappa shape index (κ1) is 28.8. The van der Waals surface area contributed by atoms with Crippen molar-refractivity contribution in [1.82, 2.24) is 20.4 Å². The molecule has 40 heavy (non-hydrogen) atoms. The summed E-state index contributed by atoms with van der Waals surface area (Å²) in [6.07, 6.45) is 9.74. The Bertz CT molecular complexity index is 957. The summed E-state index contributed by atoms with van der Waals surface area (Å²) in [6, 6.07) is 20.4. The minimum absolute atomic E-state index is 0.0792. The van der Waals surface area contributed by atoms with Crippen LogP contribution in [-0.2, 0) is 9.59 Å². The first-order chi connectivity index (χ1) is 19.7. The van der Waals surface area contributed by atoms with Crippen molar-refractivity contribution in [2.75, 3.05) is 52.4 Å². The SMILES string of the molecule is O=C(NCCCN1CCCCC1)C1C(c2ccccc2)C(C(=O)NCCCN2CCCCC2)C1c1ccccc1. The van der Waals surface area contributed by atoms with Gasteiger partial charge in [-0.1, -0.05) is 73.5 Å². The van der Waals surface area contributed by atoms with Crippen LogP contribution in [0.15, 0.2) is 60.7 Å². The van der Waals surface area contributed by atoms with E-state index in [4.69, 9.17) is 0 Å². The fourth-order valence-corrected chi connectivity index (χ4v) is 7.21. The summed E-state index contributed by atoms with van der Waals surface area (Å²) in [5.41, 5.74) is 2.16. The summed E-state index contributed by atoms with van der Waals surface area (Å²) in [6.45, 7) is 8.16. The number of nitrogens with zero attached hydrogens (tertiary/aromatic N) is 2. The molecule has 5 rings (SSSR count). The molecule has 1 aliphatic carbocycles. The molecule has 0 spiro atoms. The Morgan fingerprint density at radius 1 is 0.575 bits per heavy atom. The average Bonchev–Trinajstić information content (AvgIpc) is 2.99. The minimum atomic E-state index is -0.260. The monoisotopic (exact) mass is 544 g/mol. The number of hydrogen-bond acceptors (Lipinski definition) is 4. The van der Waals surface area contributed by atoms with E-state index >= 15 is 0 Å². The van der Waals surface area contributed by atoms with Gasteiger partial charge in [-0.05, 0) is 88.9 Å². The average molecular weight is 545 g/mol. The highest BCUT2D eigenvalue weighted by Gasteiger charge is 2.57. The van der Waals surface area contributed by atoms with Crippen molar-refractivity contribution in [3.63, 3.8) is 0 Å². The Labute approximate surface area is 240 Å². The molecule has 0 radical (unpaired) electrons. The van der Waals surface area contributed by atoms with Gasteiger partial charge in [0.1, 0.15) is 0 Å². The van der Waals surface area contributed by atoms with E-state index in [0.29, 0.717) is 13.1 Å². The van der Waals surface area contributed by atoms with Crippen molar-refractivity contribution in [3.8, 4) is 0 Å². The summed E-state index contributed by atoms with van der Waals surface area (Å²) < 4.78 is 0. The van der Waals surface area contributed by atoms with Gasteiger partial charge in [-0.2, -0.15) is 0 Å². The van der Waals surface area contributed by atoms with Crippen LogP contribution in [0.1, 0.15) is 74.3 Å². The standard InChI is InChI=1S/C34H48N4O2/c39-33(35-19-13-25-37-21-9-3-10-22-37)31-29(27-15-5-1-6-16-27)32(30(31)28-17-7-2-8-18-28)34(40)36-20-14-26-38-23-11-4-12-24-38/h1-2,5-8,15-18,29-32H,3-4,9-14,19-26H2,(H,35,39)(H,36,40). The second-order valence-electron chi connectivity index (χ2n) is 12.0. The van der Waals surface area contributed by atoms with Gasteiger partial charge in [0.05, 0.1) is 11.8 Å². The highest BCUT2D eigenvalue weighted by molar-refractivity contribution is 5.90. The van der Waals surface area contributed by atoms with Crippen LogP contribution in [0.25, 0.3) is 0 Å². The number of likely N-dealkylation sites (tertiary alicyclic amines) is 2. The number of carbonyl (C=O) groups is 2. The van der Waals surface area contributed by atoms with Crippen molar-refractivity contribution in [3.05, 3.63) is 71.8 Å². The van der Waals surface area contributed by atoms with Gasteiger partial charge in [0.15, 0.2) is 0 Å². The van der Waals surface area contributed by atoms with Crippen molar-refractivity contribution < 1.29 is 9.59 Å². The third kappa shape index (κ3) is 7.32. The third-order valence-corrected chi connectivity index (χ3v) is 9.32. The predicted molar refractivity (Wildman–Crippen MR) is 161 cm³/mol. The zero-order chi connectivity index (χ0) is 27.6. The number of piperidine rings is 2. The fraction of sp³-hybridized carbons (Fsp3) is 0.588. The lowest BCUT2D eigenvalue weighted by molar-refractivity contribution is -0.140. The molecule has 2 heterocycles. The van der Waals surface area contributed by atoms with E-state index < -0.39 is 0 Å². The Kier molecular flexibility index (Phi) is 10.7. The normalized spacial score (nSPS) is 25.6. The van der Waals surface area contributed by atoms with Crippen LogP contribution in [0.2, 0.25) is 0 Å². The predicted octanol–water partition coefficient (Wildman–Crippen LogP) is 4.78. The molecular formula is C34H48N4O2. The maximum Gasteiger partial charge on any atom is 0.224 e. The molecule has 2 aromatic carbocycles. The Hall–Kier alpha value is -2.70. The Morgan fingerprint density at radius 2 is 0.950 bits per heavy atom. The summed E-state index contributed by atoms with van der Waals surface area (Å²) in [5, 5.41) is 6.54. The van der Waals surface area contributed by atoms with Crippen molar-refractivity contribution >= 4 is 11.8 Å². The number of carbonyl (C=O) groups excluding carboxylic acids is 2. The first-order valence-electron chi connectivity index (χ1n) is 15.8. The second kappa shape index (κ2) is 14.8. The molecule has 3 aliphatic rings. The van der Waals surface area contributed by atoms with Crippen LogP contribution in [0, 0.1) is 11.8 Å². The third-order valence-electron chi connectivity index (χ3n) is 9.32. The molecule has 3 fully saturated rings. The Balaban J connectivity index is 1.26. The van der Waals surface area contributed by atoms with Crippen LogP contribution in [-0.4, -0.2) is 74.0 Å². The van der Waals surface area contributed by atoms with Gasteiger partial charge in [-0.15, -0.1) is 0 Å². The molecule has 0 unspecified atom stereocenters. The van der Waals surface area contributed by atoms with E-state index in [1.807, 2.05) is 36.4 Å². The van der Waals surface area contributed by atoms with Crippen LogP contribution in [0.3, 0.4) is 0 Å². The lowest BCUT2D eigenvalue weighted by atomic mass is 9.52. The molecule has 2 saturated heterocycles. The van der Waals surface area contributed by atoms with Gasteiger partial charge in [-0.25, -0.2) is 0 Å². The van der Waals surface area contributed by atoms with E-state index in [-0.39, 0.29) is 35.5 Å². The topological polar surface area (TPSA) is 64.7 Å². The summed E-state index contributed by atoms with van der Waals surface area (Å²) in [4.78, 5) is 32.6. The van der Waals surface area contributed by atoms with E-state index in [2.05, 4.69) is 44.7 Å². The smallest absolute Gasteiger partial charge is 0.224 e. The molecule has 1 saturated carbocycles. The maximum absolute atomic E-state index is 13.8. The van der Waals surface area contributed by atoms with E-state index in [9.17, 15) is 9.59 Å². The molecule has 2 N–H and O–H groups in total. The highest BCUT2D eigenvalue weighted by atomic mass is 16.2. The molecule has 216 valence electrons. The van der Waals surface area contributed by atoms with Gasteiger partial charge in [-0.3, -0.25) is 9.59 Å². The molecular weight excluding hydrogens is 496 g/mol. The number of nitrogens with one attached hydrogen (secondary N) is 2. The Morgan fingerprint density at radius 3 is 1.32 bits per heavy atom. The van der Waals surface area contributed by atoms with Gasteiger partial charge in [0.25, 0.3) is 0 Å². The summed E-state index contributed by atoms with van der Waals surface area (Å²) in [7, 11) is 0. The quantitative estimate of drug-likeness (QED) is 0.378. The van der Waals surface area contributed by atoms with Crippen LogP contribution in [0.4, 0.5) is 0 Å². The van der Waals surface area contributed by atoms with Gasteiger partial charge < -0.3 is 20.4 Å². The van der Waals surface area contributed by atoms with Crippen molar-refractivity contribution in [1.29, 1.82) is 0 Å². The van der Waals surface area contributed by atoms with E-state index in [1.165, 1.54) is 64.7 Å². The molecule has 2 aromatic rings. The van der Waals surface area contributed by atoms with Gasteiger partial charge in [0, 0.05) is 24.9 Å². The highest BCUT2D eigenvalue weighted by Crippen LogP contribution is 2.57. The number of rotatable bonds is 12. The molecule has 6 heteroatoms. The van der Waals surface area contributed by atoms with Crippen LogP contribution >= 0.6 is 0 Å². The van der Waals surface area contributed by atoms with E-state index in [1.54, 1.807) is 0 Å². The molecule has 0 aromatic heterocycles. The largest absolute Gasteiger partial charge is 0.356 e. The van der Waals surface area contributed by atoms with Gasteiger partial charge in [0.2, 0.25) is 11.8 Å². The molecule has 0 atom stereocenters. The fourth-order valence-electron chi connectivity index (χ4n) is 7.21. The molecule has 0 bridgehead atoms. The molecule has 2 aliphatic heterocycles. The maximum atomic E-state index is 13.8. The number of amides is 2. The molecule has 6 nitrogen and oxygen atoms in total. The number of benzene rings is 2. The van der Waals surface area contributed by atoms with Crippen LogP contribution in [0.5, 0.6) is 0 Å².